The number of benzene rings is 3. The molecule has 144 valence electrons. The minimum Gasteiger partial charge on any atom is -0.298 e. The van der Waals surface area contributed by atoms with Crippen molar-refractivity contribution in [3.63, 3.8) is 0 Å². The first-order valence-electron chi connectivity index (χ1n) is 8.83. The van der Waals surface area contributed by atoms with Gasteiger partial charge in [0.15, 0.2) is 0 Å². The molecule has 0 atom stereocenters. The molecule has 3 rings (SSSR count). The summed E-state index contributed by atoms with van der Waals surface area (Å²) in [6.07, 6.45) is 0. The van der Waals surface area contributed by atoms with E-state index in [4.69, 9.17) is 0 Å². The van der Waals surface area contributed by atoms with Crippen LogP contribution >= 0.6 is 0 Å². The first kappa shape index (κ1) is 19.6. The van der Waals surface area contributed by atoms with Crippen LogP contribution in [0.1, 0.15) is 27.0 Å². The zero-order chi connectivity index (χ0) is 20.3. The Balaban J connectivity index is 1.69. The molecule has 0 saturated heterocycles. The predicted molar refractivity (Wildman–Crippen MR) is 110 cm³/mol. The van der Waals surface area contributed by atoms with Crippen LogP contribution in [-0.4, -0.2) is 14.3 Å². The van der Waals surface area contributed by atoms with Gasteiger partial charge in [-0.15, -0.1) is 0 Å². The number of carbonyl (C=O) groups excluding carboxylic acids is 1. The Morgan fingerprint density at radius 2 is 1.32 bits per heavy atom. The molecule has 6 heteroatoms. The van der Waals surface area contributed by atoms with Gasteiger partial charge in [0.05, 0.1) is 15.5 Å². The first-order chi connectivity index (χ1) is 13.3. The Labute approximate surface area is 165 Å². The molecule has 0 aliphatic carbocycles. The van der Waals surface area contributed by atoms with Crippen LogP contribution in [0.4, 0.5) is 5.69 Å². The summed E-state index contributed by atoms with van der Waals surface area (Å²) in [7, 11) is -3.57. The fraction of sp³-hybridized carbons (Fsp3) is 0.136. The van der Waals surface area contributed by atoms with Crippen molar-refractivity contribution in [2.45, 2.75) is 30.6 Å². The number of amides is 1. The number of rotatable bonds is 5. The average molecular weight is 394 g/mol. The Morgan fingerprint density at radius 1 is 0.750 bits per heavy atom. The van der Waals surface area contributed by atoms with E-state index in [1.54, 1.807) is 42.5 Å². The SMILES string of the molecule is Cc1ccc(S(=O)(=O)c2ccc(NNC(=O)c3ccc(C)c(C)c3)cc2)cc1. The highest BCUT2D eigenvalue weighted by Crippen LogP contribution is 2.22. The second-order valence-corrected chi connectivity index (χ2v) is 8.67. The van der Waals surface area contributed by atoms with Gasteiger partial charge in [0, 0.05) is 5.56 Å². The number of sulfone groups is 1. The lowest BCUT2D eigenvalue weighted by atomic mass is 10.1. The molecule has 0 bridgehead atoms. The van der Waals surface area contributed by atoms with Crippen molar-refractivity contribution in [3.8, 4) is 0 Å². The number of hydrogen-bond acceptors (Lipinski definition) is 4. The molecule has 1 amide bonds. The minimum atomic E-state index is -3.57. The van der Waals surface area contributed by atoms with Crippen LogP contribution in [0.15, 0.2) is 76.5 Å². The summed E-state index contributed by atoms with van der Waals surface area (Å²) in [6, 6.07) is 18.5. The third-order valence-electron chi connectivity index (χ3n) is 4.59. The van der Waals surface area contributed by atoms with Crippen molar-refractivity contribution in [2.24, 2.45) is 0 Å². The van der Waals surface area contributed by atoms with E-state index in [1.165, 1.54) is 12.1 Å². The van der Waals surface area contributed by atoms with Gasteiger partial charge in [-0.1, -0.05) is 23.8 Å². The smallest absolute Gasteiger partial charge is 0.269 e. The van der Waals surface area contributed by atoms with Crippen molar-refractivity contribution in [1.29, 1.82) is 0 Å². The number of anilines is 1. The van der Waals surface area contributed by atoms with Gasteiger partial charge in [0.25, 0.3) is 5.91 Å². The topological polar surface area (TPSA) is 75.3 Å². The zero-order valence-corrected chi connectivity index (χ0v) is 16.8. The molecule has 0 unspecified atom stereocenters. The summed E-state index contributed by atoms with van der Waals surface area (Å²) in [5.41, 5.74) is 9.72. The molecule has 0 radical (unpaired) electrons. The molecule has 0 aliphatic heterocycles. The molecular formula is C22H22N2O3S. The molecule has 0 spiro atoms. The highest BCUT2D eigenvalue weighted by atomic mass is 32.2. The van der Waals surface area contributed by atoms with E-state index in [9.17, 15) is 13.2 Å². The monoisotopic (exact) mass is 394 g/mol. The van der Waals surface area contributed by atoms with Crippen LogP contribution in [0.25, 0.3) is 0 Å². The van der Waals surface area contributed by atoms with Crippen LogP contribution < -0.4 is 10.9 Å². The van der Waals surface area contributed by atoms with Crippen LogP contribution in [0, 0.1) is 20.8 Å². The van der Waals surface area contributed by atoms with Crippen molar-refractivity contribution >= 4 is 21.4 Å². The number of hydrazine groups is 1. The Bertz CT molecular complexity index is 1100. The third-order valence-corrected chi connectivity index (χ3v) is 6.37. The Morgan fingerprint density at radius 3 is 1.89 bits per heavy atom. The van der Waals surface area contributed by atoms with E-state index in [1.807, 2.05) is 32.9 Å². The summed E-state index contributed by atoms with van der Waals surface area (Å²) in [5.74, 6) is -0.264. The molecule has 0 aliphatic rings. The molecule has 0 aromatic heterocycles. The quantitative estimate of drug-likeness (QED) is 0.636. The van der Waals surface area contributed by atoms with Gasteiger partial charge in [-0.25, -0.2) is 8.42 Å². The van der Waals surface area contributed by atoms with Crippen LogP contribution in [-0.2, 0) is 9.84 Å². The fourth-order valence-electron chi connectivity index (χ4n) is 2.65. The van der Waals surface area contributed by atoms with Crippen molar-refractivity contribution in [3.05, 3.63) is 89.0 Å². The van der Waals surface area contributed by atoms with Crippen molar-refractivity contribution in [1.82, 2.24) is 5.43 Å². The molecule has 2 N–H and O–H groups in total. The fourth-order valence-corrected chi connectivity index (χ4v) is 3.92. The second-order valence-electron chi connectivity index (χ2n) is 6.72. The molecule has 3 aromatic rings. The van der Waals surface area contributed by atoms with E-state index >= 15 is 0 Å². The van der Waals surface area contributed by atoms with E-state index in [2.05, 4.69) is 10.9 Å². The van der Waals surface area contributed by atoms with Gasteiger partial charge >= 0.3 is 0 Å². The van der Waals surface area contributed by atoms with E-state index in [0.717, 1.165) is 16.7 Å². The predicted octanol–water partition coefficient (Wildman–Crippen LogP) is 4.20. The normalized spacial score (nSPS) is 11.1. The molecule has 0 saturated carbocycles. The standard InChI is InChI=1S/C22H22N2O3S/c1-15-4-10-20(11-5-15)28(26,27)21-12-8-19(9-13-21)23-24-22(25)18-7-6-16(2)17(3)14-18/h4-14,23H,1-3H3,(H,24,25). The third kappa shape index (κ3) is 4.23. The van der Waals surface area contributed by atoms with Gasteiger partial charge in [-0.3, -0.25) is 15.6 Å². The van der Waals surface area contributed by atoms with E-state index in [0.29, 0.717) is 11.3 Å². The van der Waals surface area contributed by atoms with Gasteiger partial charge in [-0.2, -0.15) is 0 Å². The van der Waals surface area contributed by atoms with Gasteiger partial charge in [0.1, 0.15) is 0 Å². The minimum absolute atomic E-state index is 0.197. The highest BCUT2D eigenvalue weighted by Gasteiger charge is 2.17. The lowest BCUT2D eigenvalue weighted by molar-refractivity contribution is 0.0962. The van der Waals surface area contributed by atoms with Crippen LogP contribution in [0.5, 0.6) is 0 Å². The zero-order valence-electron chi connectivity index (χ0n) is 16.0. The average Bonchev–Trinajstić information content (AvgIpc) is 2.69. The second kappa shape index (κ2) is 7.86. The summed E-state index contributed by atoms with van der Waals surface area (Å²) in [5, 5.41) is 0. The van der Waals surface area contributed by atoms with Crippen LogP contribution in [0.2, 0.25) is 0 Å². The Hall–Kier alpha value is -3.12. The van der Waals surface area contributed by atoms with Crippen molar-refractivity contribution in [2.75, 3.05) is 5.43 Å². The van der Waals surface area contributed by atoms with Gasteiger partial charge < -0.3 is 0 Å². The molecule has 0 fully saturated rings. The highest BCUT2D eigenvalue weighted by molar-refractivity contribution is 7.91. The lowest BCUT2D eigenvalue weighted by Crippen LogP contribution is -2.29. The lowest BCUT2D eigenvalue weighted by Gasteiger charge is -2.11. The molecule has 28 heavy (non-hydrogen) atoms. The van der Waals surface area contributed by atoms with Gasteiger partial charge in [0.2, 0.25) is 9.84 Å². The van der Waals surface area contributed by atoms with Crippen LogP contribution in [0.3, 0.4) is 0 Å². The molecule has 3 aromatic carbocycles. The summed E-state index contributed by atoms with van der Waals surface area (Å²) in [4.78, 5) is 12.7. The number of hydrogen-bond donors (Lipinski definition) is 2. The number of carbonyl (C=O) groups is 1. The van der Waals surface area contributed by atoms with Gasteiger partial charge in [-0.05, 0) is 80.4 Å². The van der Waals surface area contributed by atoms with Crippen molar-refractivity contribution < 1.29 is 13.2 Å². The molecular weight excluding hydrogens is 372 g/mol. The van der Waals surface area contributed by atoms with E-state index in [-0.39, 0.29) is 15.7 Å². The van der Waals surface area contributed by atoms with E-state index < -0.39 is 9.84 Å². The maximum atomic E-state index is 12.7. The first-order valence-corrected chi connectivity index (χ1v) is 10.3. The Kier molecular flexibility index (Phi) is 5.51. The summed E-state index contributed by atoms with van der Waals surface area (Å²) >= 11 is 0. The number of aryl methyl sites for hydroxylation is 3. The maximum Gasteiger partial charge on any atom is 0.269 e. The molecule has 0 heterocycles. The maximum absolute atomic E-state index is 12.7. The largest absolute Gasteiger partial charge is 0.298 e. The number of nitrogens with one attached hydrogen (secondary N) is 2. The summed E-state index contributed by atoms with van der Waals surface area (Å²) in [6.45, 7) is 5.84. The molecule has 5 nitrogen and oxygen atoms in total. The summed E-state index contributed by atoms with van der Waals surface area (Å²) < 4.78 is 25.4.